The largest absolute Gasteiger partial charge is 0.486 e. The molecule has 1 aliphatic heterocycles. The number of carbonyl (C=O) groups is 2. The van der Waals surface area contributed by atoms with Gasteiger partial charge in [0.2, 0.25) is 5.78 Å². The quantitative estimate of drug-likeness (QED) is 0.572. The number of carboxylic acids is 1. The molecule has 1 aromatic heterocycles. The van der Waals surface area contributed by atoms with Gasteiger partial charge in [0.1, 0.15) is 18.8 Å². The van der Waals surface area contributed by atoms with Crippen LogP contribution in [0.25, 0.3) is 17.0 Å². The fourth-order valence-corrected chi connectivity index (χ4v) is 2.77. The van der Waals surface area contributed by atoms with Crippen molar-refractivity contribution in [3.05, 3.63) is 65.4 Å². The van der Waals surface area contributed by atoms with Crippen molar-refractivity contribution in [3.8, 4) is 11.5 Å². The second kappa shape index (κ2) is 6.40. The van der Waals surface area contributed by atoms with Crippen LogP contribution in [0, 0.1) is 0 Å². The summed E-state index contributed by atoms with van der Waals surface area (Å²) < 4.78 is 16.6. The molecular formula is C20H14O6. The maximum absolute atomic E-state index is 12.7. The lowest BCUT2D eigenvalue weighted by Crippen LogP contribution is -2.15. The Morgan fingerprint density at radius 3 is 2.58 bits per heavy atom. The van der Waals surface area contributed by atoms with E-state index in [2.05, 4.69) is 0 Å². The minimum absolute atomic E-state index is 0.205. The van der Waals surface area contributed by atoms with Gasteiger partial charge in [-0.25, -0.2) is 4.79 Å². The lowest BCUT2D eigenvalue weighted by Gasteiger charge is -2.18. The molecule has 6 nitrogen and oxygen atoms in total. The van der Waals surface area contributed by atoms with Crippen LogP contribution in [0.1, 0.15) is 21.7 Å². The highest BCUT2D eigenvalue weighted by molar-refractivity contribution is 6.09. The predicted octanol–water partition coefficient (Wildman–Crippen LogP) is 3.53. The van der Waals surface area contributed by atoms with E-state index in [1.54, 1.807) is 42.5 Å². The fourth-order valence-electron chi connectivity index (χ4n) is 2.77. The summed E-state index contributed by atoms with van der Waals surface area (Å²) in [5.41, 5.74) is 1.71. The number of rotatable bonds is 4. The third kappa shape index (κ3) is 3.04. The van der Waals surface area contributed by atoms with Crippen molar-refractivity contribution >= 4 is 28.8 Å². The van der Waals surface area contributed by atoms with Gasteiger partial charge in [-0.05, 0) is 48.0 Å². The average Bonchev–Trinajstić information content (AvgIpc) is 3.08. The third-order valence-electron chi connectivity index (χ3n) is 3.99. The smallest absolute Gasteiger partial charge is 0.328 e. The van der Waals surface area contributed by atoms with Crippen LogP contribution < -0.4 is 9.47 Å². The zero-order valence-electron chi connectivity index (χ0n) is 13.6. The molecule has 0 spiro atoms. The zero-order chi connectivity index (χ0) is 18.1. The van der Waals surface area contributed by atoms with E-state index in [1.165, 1.54) is 6.08 Å². The summed E-state index contributed by atoms with van der Waals surface area (Å²) in [4.78, 5) is 23.3. The molecular weight excluding hydrogens is 336 g/mol. The number of hydrogen-bond donors (Lipinski definition) is 1. The molecule has 2 heterocycles. The van der Waals surface area contributed by atoms with Gasteiger partial charge in [-0.2, -0.15) is 0 Å². The zero-order valence-corrected chi connectivity index (χ0v) is 13.6. The molecule has 0 amide bonds. The first-order valence-electron chi connectivity index (χ1n) is 7.99. The van der Waals surface area contributed by atoms with Crippen molar-refractivity contribution in [2.24, 2.45) is 0 Å². The van der Waals surface area contributed by atoms with Crippen LogP contribution in [0.3, 0.4) is 0 Å². The van der Waals surface area contributed by atoms with Crippen molar-refractivity contribution in [2.45, 2.75) is 0 Å². The Hall–Kier alpha value is -3.54. The molecule has 2 aromatic carbocycles. The lowest BCUT2D eigenvalue weighted by atomic mass is 10.1. The SMILES string of the molecule is O=C(O)/C=C/c1ccc2oc(C(=O)c3ccc4c(c3)OCCO4)cc2c1. The lowest BCUT2D eigenvalue weighted by molar-refractivity contribution is -0.131. The number of benzene rings is 2. The van der Waals surface area contributed by atoms with Crippen LogP contribution in [-0.4, -0.2) is 30.1 Å². The molecule has 6 heteroatoms. The number of furan rings is 1. The first-order valence-corrected chi connectivity index (χ1v) is 7.99. The van der Waals surface area contributed by atoms with Crippen LogP contribution >= 0.6 is 0 Å². The molecule has 130 valence electrons. The second-order valence-electron chi connectivity index (χ2n) is 5.77. The van der Waals surface area contributed by atoms with Crippen molar-refractivity contribution < 1.29 is 28.6 Å². The Bertz CT molecular complexity index is 1040. The maximum Gasteiger partial charge on any atom is 0.328 e. The van der Waals surface area contributed by atoms with Gasteiger partial charge in [0.25, 0.3) is 0 Å². The molecule has 0 aliphatic carbocycles. The summed E-state index contributed by atoms with van der Waals surface area (Å²) in [5, 5.41) is 9.43. The van der Waals surface area contributed by atoms with Crippen molar-refractivity contribution in [1.82, 2.24) is 0 Å². The van der Waals surface area contributed by atoms with E-state index in [9.17, 15) is 9.59 Å². The monoisotopic (exact) mass is 350 g/mol. The van der Waals surface area contributed by atoms with Gasteiger partial charge in [0.15, 0.2) is 17.3 Å². The summed E-state index contributed by atoms with van der Waals surface area (Å²) in [6, 6.07) is 11.9. The van der Waals surface area contributed by atoms with E-state index in [-0.39, 0.29) is 11.5 Å². The minimum atomic E-state index is -1.02. The number of carboxylic acid groups (broad SMARTS) is 1. The van der Waals surface area contributed by atoms with Gasteiger partial charge in [0.05, 0.1) is 0 Å². The van der Waals surface area contributed by atoms with Crippen molar-refractivity contribution in [3.63, 3.8) is 0 Å². The minimum Gasteiger partial charge on any atom is -0.486 e. The molecule has 26 heavy (non-hydrogen) atoms. The molecule has 3 aromatic rings. The number of fused-ring (bicyclic) bond motifs is 2. The van der Waals surface area contributed by atoms with Gasteiger partial charge >= 0.3 is 5.97 Å². The van der Waals surface area contributed by atoms with Crippen LogP contribution in [0.5, 0.6) is 11.5 Å². The van der Waals surface area contributed by atoms with Crippen molar-refractivity contribution in [1.29, 1.82) is 0 Å². The van der Waals surface area contributed by atoms with Crippen LogP contribution in [0.15, 0.2) is 53.0 Å². The summed E-state index contributed by atoms with van der Waals surface area (Å²) in [6.45, 7) is 0.935. The second-order valence-corrected chi connectivity index (χ2v) is 5.77. The first-order chi connectivity index (χ1) is 12.6. The first kappa shape index (κ1) is 16.0. The van der Waals surface area contributed by atoms with Gasteiger partial charge in [-0.1, -0.05) is 6.07 Å². The van der Waals surface area contributed by atoms with Gasteiger partial charge < -0.3 is 19.0 Å². The van der Waals surface area contributed by atoms with Crippen molar-refractivity contribution in [2.75, 3.05) is 13.2 Å². The molecule has 0 unspecified atom stereocenters. The van der Waals surface area contributed by atoms with Gasteiger partial charge in [0, 0.05) is 17.0 Å². The summed E-state index contributed by atoms with van der Waals surface area (Å²) in [6.07, 6.45) is 2.54. The molecule has 0 saturated heterocycles. The van der Waals surface area contributed by atoms with E-state index in [1.807, 2.05) is 0 Å². The molecule has 0 bridgehead atoms. The Morgan fingerprint density at radius 1 is 0.962 bits per heavy atom. The number of aliphatic carboxylic acids is 1. The van der Waals surface area contributed by atoms with E-state index in [0.717, 1.165) is 11.5 Å². The molecule has 0 fully saturated rings. The average molecular weight is 350 g/mol. The Balaban J connectivity index is 1.65. The highest BCUT2D eigenvalue weighted by Crippen LogP contribution is 2.32. The van der Waals surface area contributed by atoms with Crippen LogP contribution in [-0.2, 0) is 4.79 Å². The molecule has 0 saturated carbocycles. The summed E-state index contributed by atoms with van der Waals surface area (Å²) in [7, 11) is 0. The standard InChI is InChI=1S/C20H14O6/c21-19(22)6-2-12-1-4-15-14(9-12)11-18(26-15)20(23)13-3-5-16-17(10-13)25-8-7-24-16/h1-6,9-11H,7-8H2,(H,21,22)/b6-2+. The molecule has 0 atom stereocenters. The molecule has 1 N–H and O–H groups in total. The molecule has 0 radical (unpaired) electrons. The topological polar surface area (TPSA) is 86.0 Å². The molecule has 1 aliphatic rings. The summed E-state index contributed by atoms with van der Waals surface area (Å²) >= 11 is 0. The number of ether oxygens (including phenoxy) is 2. The Labute approximate surface area is 148 Å². The van der Waals surface area contributed by atoms with Crippen LogP contribution in [0.2, 0.25) is 0 Å². The van der Waals surface area contributed by atoms with E-state index in [0.29, 0.717) is 41.4 Å². The van der Waals surface area contributed by atoms with Crippen LogP contribution in [0.4, 0.5) is 0 Å². The third-order valence-corrected chi connectivity index (χ3v) is 3.99. The Morgan fingerprint density at radius 2 is 1.77 bits per heavy atom. The van der Waals surface area contributed by atoms with E-state index in [4.69, 9.17) is 19.0 Å². The number of carbonyl (C=O) groups excluding carboxylic acids is 1. The van der Waals surface area contributed by atoms with Gasteiger partial charge in [-0.3, -0.25) is 4.79 Å². The normalized spacial score (nSPS) is 13.2. The highest BCUT2D eigenvalue weighted by atomic mass is 16.6. The van der Waals surface area contributed by atoms with E-state index >= 15 is 0 Å². The summed E-state index contributed by atoms with van der Waals surface area (Å²) in [5.74, 6) is 0.0789. The highest BCUT2D eigenvalue weighted by Gasteiger charge is 2.19. The maximum atomic E-state index is 12.7. The number of hydrogen-bond acceptors (Lipinski definition) is 5. The van der Waals surface area contributed by atoms with Gasteiger partial charge in [-0.15, -0.1) is 0 Å². The predicted molar refractivity (Wildman–Crippen MR) is 93.7 cm³/mol. The molecule has 4 rings (SSSR count). The Kier molecular flexibility index (Phi) is 3.93. The fraction of sp³-hybridized carbons (Fsp3) is 0.100. The van der Waals surface area contributed by atoms with E-state index < -0.39 is 5.97 Å². The number of ketones is 1.